The number of benzene rings is 1. The minimum Gasteiger partial charge on any atom is -0.496 e. The molecule has 150 valence electrons. The second-order valence-electron chi connectivity index (χ2n) is 6.82. The molecule has 1 aromatic heterocycles. The van der Waals surface area contributed by atoms with Crippen LogP contribution in [0.2, 0.25) is 0 Å². The Hall–Kier alpha value is -1.99. The van der Waals surface area contributed by atoms with Gasteiger partial charge in [-0.15, -0.1) is 11.8 Å². The maximum absolute atomic E-state index is 5.49. The second kappa shape index (κ2) is 11.1. The molecule has 1 aliphatic carbocycles. The van der Waals surface area contributed by atoms with Crippen molar-refractivity contribution >= 4 is 35.3 Å². The van der Waals surface area contributed by atoms with E-state index in [9.17, 15) is 0 Å². The predicted octanol–water partition coefficient (Wildman–Crippen LogP) is 4.85. The quantitative estimate of drug-likeness (QED) is 0.364. The largest absolute Gasteiger partial charge is 0.496 e. The average molecular weight is 418 g/mol. The van der Waals surface area contributed by atoms with Crippen molar-refractivity contribution in [1.82, 2.24) is 10.7 Å². The van der Waals surface area contributed by atoms with Crippen molar-refractivity contribution in [2.45, 2.75) is 49.7 Å². The summed E-state index contributed by atoms with van der Waals surface area (Å²) < 4.78 is 10.9. The lowest BCUT2D eigenvalue weighted by atomic mass is 9.96. The topological polar surface area (TPSA) is 58.8 Å². The molecule has 3 rings (SSSR count). The van der Waals surface area contributed by atoms with Gasteiger partial charge in [0, 0.05) is 17.4 Å². The molecule has 1 aliphatic rings. The number of nitrogens with zero attached hydrogens (tertiary/aromatic N) is 1. The number of thiocarbonyl (C=S) groups is 1. The summed E-state index contributed by atoms with van der Waals surface area (Å²) in [6.45, 7) is 0. The summed E-state index contributed by atoms with van der Waals surface area (Å²) in [4.78, 5) is 0. The molecule has 1 heterocycles. The number of ether oxygens (including phenoxy) is 1. The zero-order valence-corrected chi connectivity index (χ0v) is 17.8. The van der Waals surface area contributed by atoms with Gasteiger partial charge in [0.1, 0.15) is 11.5 Å². The Morgan fingerprint density at radius 1 is 1.29 bits per heavy atom. The fraction of sp³-hybridized carbons (Fsp3) is 0.429. The highest BCUT2D eigenvalue weighted by atomic mass is 32.2. The third kappa shape index (κ3) is 6.56. The monoisotopic (exact) mass is 417 g/mol. The molecule has 1 aromatic carbocycles. The molecule has 1 saturated carbocycles. The van der Waals surface area contributed by atoms with Crippen LogP contribution in [0.5, 0.6) is 5.75 Å². The number of hydrogen-bond acceptors (Lipinski definition) is 5. The Kier molecular flexibility index (Phi) is 8.23. The maximum Gasteiger partial charge on any atom is 0.187 e. The number of nitrogens with one attached hydrogen (secondary N) is 2. The Balaban J connectivity index is 1.51. The Morgan fingerprint density at radius 3 is 2.89 bits per heavy atom. The van der Waals surface area contributed by atoms with Gasteiger partial charge in [-0.1, -0.05) is 19.3 Å². The van der Waals surface area contributed by atoms with Crippen molar-refractivity contribution in [1.29, 1.82) is 0 Å². The lowest BCUT2D eigenvalue weighted by Crippen LogP contribution is -2.40. The van der Waals surface area contributed by atoms with Crippen LogP contribution in [0.4, 0.5) is 0 Å². The molecule has 7 heteroatoms. The summed E-state index contributed by atoms with van der Waals surface area (Å²) >= 11 is 7.13. The van der Waals surface area contributed by atoms with E-state index in [-0.39, 0.29) is 0 Å². The first-order valence-electron chi connectivity index (χ1n) is 9.61. The zero-order chi connectivity index (χ0) is 19.6. The molecule has 28 heavy (non-hydrogen) atoms. The SMILES string of the molecule is COc1ccc(C=NNC(=S)NC2CCCCC2)cc1CSCc1ccco1. The minimum atomic E-state index is 0.475. The molecule has 0 radical (unpaired) electrons. The standard InChI is InChI=1S/C21H27N3O2S2/c1-25-20-10-9-16(12-17(20)14-28-15-19-8-5-11-26-19)13-22-24-21(27)23-18-6-3-2-4-7-18/h5,8-13,18H,2-4,6-7,14-15H2,1H3,(H2,23,24,27). The van der Waals surface area contributed by atoms with Gasteiger partial charge in [-0.2, -0.15) is 5.10 Å². The highest BCUT2D eigenvalue weighted by molar-refractivity contribution is 7.97. The van der Waals surface area contributed by atoms with Gasteiger partial charge in [0.25, 0.3) is 0 Å². The summed E-state index contributed by atoms with van der Waals surface area (Å²) in [6, 6.07) is 10.4. The van der Waals surface area contributed by atoms with Crippen LogP contribution in [-0.2, 0) is 11.5 Å². The van der Waals surface area contributed by atoms with E-state index in [0.29, 0.717) is 11.2 Å². The Morgan fingerprint density at radius 2 is 2.14 bits per heavy atom. The van der Waals surface area contributed by atoms with Gasteiger partial charge in [-0.25, -0.2) is 0 Å². The number of hydrogen-bond donors (Lipinski definition) is 2. The number of thioether (sulfide) groups is 1. The Labute approximate surface area is 176 Å². The molecule has 0 unspecified atom stereocenters. The van der Waals surface area contributed by atoms with E-state index in [1.807, 2.05) is 24.3 Å². The van der Waals surface area contributed by atoms with Crippen LogP contribution < -0.4 is 15.5 Å². The number of furan rings is 1. The third-order valence-electron chi connectivity index (χ3n) is 4.71. The lowest BCUT2D eigenvalue weighted by molar-refractivity contribution is 0.411. The molecular weight excluding hydrogens is 390 g/mol. The second-order valence-corrected chi connectivity index (χ2v) is 8.22. The highest BCUT2D eigenvalue weighted by Gasteiger charge is 2.13. The fourth-order valence-electron chi connectivity index (χ4n) is 3.28. The van der Waals surface area contributed by atoms with Crippen molar-refractivity contribution in [3.63, 3.8) is 0 Å². The summed E-state index contributed by atoms with van der Waals surface area (Å²) in [6.07, 6.45) is 9.73. The summed E-state index contributed by atoms with van der Waals surface area (Å²) in [5.41, 5.74) is 5.06. The zero-order valence-electron chi connectivity index (χ0n) is 16.1. The highest BCUT2D eigenvalue weighted by Crippen LogP contribution is 2.26. The van der Waals surface area contributed by atoms with Crippen LogP contribution in [0.1, 0.15) is 49.0 Å². The van der Waals surface area contributed by atoms with Crippen LogP contribution in [0.3, 0.4) is 0 Å². The van der Waals surface area contributed by atoms with Crippen molar-refractivity contribution in [2.75, 3.05) is 7.11 Å². The average Bonchev–Trinajstić information content (AvgIpc) is 3.22. The van der Waals surface area contributed by atoms with Crippen LogP contribution in [-0.4, -0.2) is 24.5 Å². The van der Waals surface area contributed by atoms with E-state index >= 15 is 0 Å². The van der Waals surface area contributed by atoms with E-state index in [2.05, 4.69) is 21.9 Å². The van der Waals surface area contributed by atoms with Gasteiger partial charge in [-0.3, -0.25) is 5.43 Å². The molecule has 2 aromatic rings. The van der Waals surface area contributed by atoms with E-state index < -0.39 is 0 Å². The van der Waals surface area contributed by atoms with E-state index in [0.717, 1.165) is 34.1 Å². The molecule has 0 spiro atoms. The summed E-state index contributed by atoms with van der Waals surface area (Å²) in [5, 5.41) is 8.22. The summed E-state index contributed by atoms with van der Waals surface area (Å²) in [5.74, 6) is 3.52. The van der Waals surface area contributed by atoms with Gasteiger partial charge < -0.3 is 14.5 Å². The maximum atomic E-state index is 5.49. The van der Waals surface area contributed by atoms with Gasteiger partial charge in [-0.05, 0) is 61.0 Å². The molecule has 0 bridgehead atoms. The van der Waals surface area contributed by atoms with E-state index in [1.54, 1.807) is 31.3 Å². The van der Waals surface area contributed by atoms with Crippen LogP contribution in [0.25, 0.3) is 0 Å². The molecule has 5 nitrogen and oxygen atoms in total. The molecule has 2 N–H and O–H groups in total. The van der Waals surface area contributed by atoms with E-state index in [4.69, 9.17) is 21.4 Å². The van der Waals surface area contributed by atoms with Crippen LogP contribution >= 0.6 is 24.0 Å². The predicted molar refractivity (Wildman–Crippen MR) is 120 cm³/mol. The number of hydrazone groups is 1. The van der Waals surface area contributed by atoms with Crippen molar-refractivity contribution < 1.29 is 9.15 Å². The van der Waals surface area contributed by atoms with Crippen molar-refractivity contribution in [2.24, 2.45) is 5.10 Å². The first-order valence-corrected chi connectivity index (χ1v) is 11.2. The first-order chi connectivity index (χ1) is 13.7. The summed E-state index contributed by atoms with van der Waals surface area (Å²) in [7, 11) is 1.70. The van der Waals surface area contributed by atoms with Crippen molar-refractivity contribution in [3.8, 4) is 5.75 Å². The van der Waals surface area contributed by atoms with Gasteiger partial charge in [0.2, 0.25) is 0 Å². The van der Waals surface area contributed by atoms with E-state index in [1.165, 1.54) is 32.1 Å². The molecule has 0 atom stereocenters. The fourth-order valence-corrected chi connectivity index (χ4v) is 4.41. The third-order valence-corrected chi connectivity index (χ3v) is 5.92. The number of rotatable bonds is 8. The molecular formula is C21H27N3O2S2. The van der Waals surface area contributed by atoms with Gasteiger partial charge in [0.15, 0.2) is 5.11 Å². The smallest absolute Gasteiger partial charge is 0.187 e. The van der Waals surface area contributed by atoms with Crippen molar-refractivity contribution in [3.05, 3.63) is 53.5 Å². The van der Waals surface area contributed by atoms with Crippen LogP contribution in [0.15, 0.2) is 46.1 Å². The number of methoxy groups -OCH3 is 1. The van der Waals surface area contributed by atoms with Gasteiger partial charge >= 0.3 is 0 Å². The minimum absolute atomic E-state index is 0.475. The molecule has 0 aliphatic heterocycles. The Bertz CT molecular complexity index is 772. The molecule has 0 amide bonds. The lowest BCUT2D eigenvalue weighted by Gasteiger charge is -2.23. The molecule has 1 fully saturated rings. The first kappa shape index (κ1) is 20.7. The normalized spacial score (nSPS) is 14.9. The molecule has 0 saturated heterocycles. The van der Waals surface area contributed by atoms with Gasteiger partial charge in [0.05, 0.1) is 25.3 Å². The van der Waals surface area contributed by atoms with Crippen LogP contribution in [0, 0.1) is 0 Å².